The Bertz CT molecular complexity index is 446. The first kappa shape index (κ1) is 13.6. The lowest BCUT2D eigenvalue weighted by Crippen LogP contribution is -2.11. The number of carbonyl (C=O) groups is 1. The van der Waals surface area contributed by atoms with Crippen molar-refractivity contribution in [2.45, 2.75) is 0 Å². The van der Waals surface area contributed by atoms with Crippen LogP contribution in [0.15, 0.2) is 12.1 Å². The van der Waals surface area contributed by atoms with Gasteiger partial charge in [0.2, 0.25) is 5.75 Å². The van der Waals surface area contributed by atoms with E-state index in [4.69, 9.17) is 19.3 Å². The van der Waals surface area contributed by atoms with Gasteiger partial charge in [-0.3, -0.25) is 10.1 Å². The van der Waals surface area contributed by atoms with Gasteiger partial charge in [0, 0.05) is 0 Å². The lowest BCUT2D eigenvalue weighted by molar-refractivity contribution is -0.385. The van der Waals surface area contributed by atoms with Crippen LogP contribution in [0.1, 0.15) is 0 Å². The molecular weight excluding hydrogens is 246 g/mol. The van der Waals surface area contributed by atoms with E-state index in [0.717, 1.165) is 12.1 Å². The Kier molecular flexibility index (Phi) is 4.30. The molecule has 0 heterocycles. The minimum absolute atomic E-state index is 0.00741. The Hall–Kier alpha value is -2.51. The van der Waals surface area contributed by atoms with Gasteiger partial charge in [0.05, 0.1) is 31.3 Å². The van der Waals surface area contributed by atoms with Gasteiger partial charge in [0.25, 0.3) is 5.69 Å². The summed E-state index contributed by atoms with van der Waals surface area (Å²) in [6.07, 6.45) is 0. The number of nitro groups is 1. The Morgan fingerprint density at radius 2 is 1.83 bits per heavy atom. The first-order valence-electron chi connectivity index (χ1n) is 4.74. The van der Waals surface area contributed by atoms with Crippen LogP contribution in [0.3, 0.4) is 0 Å². The number of ether oxygens (including phenoxy) is 3. The van der Waals surface area contributed by atoms with Crippen LogP contribution in [-0.4, -0.2) is 36.8 Å². The van der Waals surface area contributed by atoms with Gasteiger partial charge in [0.1, 0.15) is 0 Å². The molecule has 0 amide bonds. The number of aliphatic carboxylic acids is 1. The van der Waals surface area contributed by atoms with E-state index in [1.807, 2.05) is 0 Å². The molecule has 0 spiro atoms. The fraction of sp³-hybridized carbons (Fsp3) is 0.300. The lowest BCUT2D eigenvalue weighted by atomic mass is 10.2. The average Bonchev–Trinajstić information content (AvgIpc) is 2.34. The largest absolute Gasteiger partial charge is 0.492 e. The molecule has 98 valence electrons. The number of methoxy groups -OCH3 is 2. The van der Waals surface area contributed by atoms with Gasteiger partial charge in [-0.1, -0.05) is 0 Å². The fourth-order valence-electron chi connectivity index (χ4n) is 1.25. The molecule has 0 radical (unpaired) electrons. The highest BCUT2D eigenvalue weighted by atomic mass is 16.6. The Balaban J connectivity index is 3.21. The minimum atomic E-state index is -1.18. The molecule has 0 aliphatic heterocycles. The molecule has 1 aromatic rings. The van der Waals surface area contributed by atoms with Crippen molar-refractivity contribution in [3.63, 3.8) is 0 Å². The molecule has 0 bridgehead atoms. The van der Waals surface area contributed by atoms with Crippen molar-refractivity contribution >= 4 is 11.7 Å². The van der Waals surface area contributed by atoms with Gasteiger partial charge in [-0.05, 0) is 0 Å². The summed E-state index contributed by atoms with van der Waals surface area (Å²) in [5.74, 6) is -1.12. The van der Waals surface area contributed by atoms with Crippen molar-refractivity contribution in [1.29, 1.82) is 0 Å². The number of rotatable bonds is 6. The van der Waals surface area contributed by atoms with Gasteiger partial charge in [0.15, 0.2) is 18.1 Å². The van der Waals surface area contributed by atoms with Gasteiger partial charge in [-0.25, -0.2) is 4.79 Å². The molecule has 1 rings (SSSR count). The number of nitrogens with zero attached hydrogens (tertiary/aromatic N) is 1. The zero-order chi connectivity index (χ0) is 13.7. The summed E-state index contributed by atoms with van der Waals surface area (Å²) in [6, 6.07) is 2.25. The van der Waals surface area contributed by atoms with Crippen LogP contribution in [0.4, 0.5) is 5.69 Å². The molecule has 0 atom stereocenters. The number of carboxylic acid groups (broad SMARTS) is 1. The maximum atomic E-state index is 10.7. The van der Waals surface area contributed by atoms with Crippen molar-refractivity contribution in [3.8, 4) is 17.2 Å². The van der Waals surface area contributed by atoms with Crippen molar-refractivity contribution < 1.29 is 29.0 Å². The van der Waals surface area contributed by atoms with E-state index in [9.17, 15) is 14.9 Å². The topological polar surface area (TPSA) is 108 Å². The van der Waals surface area contributed by atoms with Crippen molar-refractivity contribution in [1.82, 2.24) is 0 Å². The summed E-state index contributed by atoms with van der Waals surface area (Å²) in [7, 11) is 2.57. The molecular formula is C10H11NO7. The van der Waals surface area contributed by atoms with Crippen molar-refractivity contribution in [2.75, 3.05) is 20.8 Å². The standard InChI is InChI=1S/C10H11NO7/c1-16-7-3-6(11(14)15)4-8(17-2)10(7)18-5-9(12)13/h3-4H,5H2,1-2H3,(H,12,13). The third-order valence-electron chi connectivity index (χ3n) is 2.00. The third kappa shape index (κ3) is 3.00. The molecule has 0 saturated carbocycles. The molecule has 0 fully saturated rings. The van der Waals surface area contributed by atoms with Crippen LogP contribution >= 0.6 is 0 Å². The second-order valence-corrected chi connectivity index (χ2v) is 3.12. The maximum absolute atomic E-state index is 10.7. The van der Waals surface area contributed by atoms with Crippen LogP contribution in [0, 0.1) is 10.1 Å². The molecule has 18 heavy (non-hydrogen) atoms. The summed E-state index contributed by atoms with van der Waals surface area (Å²) in [6.45, 7) is -0.607. The molecule has 0 aliphatic carbocycles. The van der Waals surface area contributed by atoms with Crippen LogP contribution in [0.5, 0.6) is 17.2 Å². The number of benzene rings is 1. The molecule has 1 N–H and O–H groups in total. The van der Waals surface area contributed by atoms with Crippen LogP contribution in [-0.2, 0) is 4.79 Å². The maximum Gasteiger partial charge on any atom is 0.341 e. The van der Waals surface area contributed by atoms with Gasteiger partial charge < -0.3 is 19.3 Å². The number of hydrogen-bond donors (Lipinski definition) is 1. The van der Waals surface area contributed by atoms with Gasteiger partial charge in [-0.2, -0.15) is 0 Å². The van der Waals surface area contributed by atoms with E-state index in [-0.39, 0.29) is 22.9 Å². The van der Waals surface area contributed by atoms with Crippen LogP contribution in [0.25, 0.3) is 0 Å². The molecule has 0 aromatic heterocycles. The molecule has 0 saturated heterocycles. The summed E-state index contributed by atoms with van der Waals surface area (Å²) in [4.78, 5) is 20.5. The molecule has 0 aliphatic rings. The molecule has 0 unspecified atom stereocenters. The first-order valence-corrected chi connectivity index (χ1v) is 4.74. The zero-order valence-corrected chi connectivity index (χ0v) is 9.71. The predicted octanol–water partition coefficient (Wildman–Crippen LogP) is 1.08. The fourth-order valence-corrected chi connectivity index (χ4v) is 1.25. The van der Waals surface area contributed by atoms with Crippen molar-refractivity contribution in [3.05, 3.63) is 22.2 Å². The Labute approximate surface area is 102 Å². The smallest absolute Gasteiger partial charge is 0.341 e. The van der Waals surface area contributed by atoms with E-state index >= 15 is 0 Å². The quantitative estimate of drug-likeness (QED) is 0.599. The zero-order valence-electron chi connectivity index (χ0n) is 9.71. The van der Waals surface area contributed by atoms with E-state index < -0.39 is 17.5 Å². The second kappa shape index (κ2) is 5.71. The summed E-state index contributed by atoms with van der Waals surface area (Å²) >= 11 is 0. The summed E-state index contributed by atoms with van der Waals surface area (Å²) in [5.41, 5.74) is -0.244. The average molecular weight is 257 g/mol. The SMILES string of the molecule is COc1cc([N+](=O)[O-])cc(OC)c1OCC(=O)O. The predicted molar refractivity (Wildman–Crippen MR) is 59.3 cm³/mol. The molecule has 8 heteroatoms. The summed E-state index contributed by atoms with van der Waals surface area (Å²) in [5, 5.41) is 19.2. The Morgan fingerprint density at radius 1 is 1.33 bits per heavy atom. The number of non-ortho nitro benzene ring substituents is 1. The van der Waals surface area contributed by atoms with Crippen molar-refractivity contribution in [2.24, 2.45) is 0 Å². The normalized spacial score (nSPS) is 9.67. The highest BCUT2D eigenvalue weighted by Crippen LogP contribution is 2.40. The third-order valence-corrected chi connectivity index (χ3v) is 2.00. The number of nitro benzene ring substituents is 1. The van der Waals surface area contributed by atoms with E-state index in [0.29, 0.717) is 0 Å². The highest BCUT2D eigenvalue weighted by molar-refractivity contribution is 5.69. The minimum Gasteiger partial charge on any atom is -0.492 e. The van der Waals surface area contributed by atoms with Gasteiger partial charge >= 0.3 is 5.97 Å². The van der Waals surface area contributed by atoms with E-state index in [1.54, 1.807) is 0 Å². The number of hydrogen-bond acceptors (Lipinski definition) is 6. The molecule has 8 nitrogen and oxygen atoms in total. The van der Waals surface area contributed by atoms with Crippen LogP contribution in [0.2, 0.25) is 0 Å². The molecule has 1 aromatic carbocycles. The Morgan fingerprint density at radius 3 is 2.17 bits per heavy atom. The van der Waals surface area contributed by atoms with Gasteiger partial charge in [-0.15, -0.1) is 0 Å². The first-order chi connectivity index (χ1) is 8.49. The monoisotopic (exact) mass is 257 g/mol. The highest BCUT2D eigenvalue weighted by Gasteiger charge is 2.20. The van der Waals surface area contributed by atoms with E-state index in [2.05, 4.69) is 0 Å². The second-order valence-electron chi connectivity index (χ2n) is 3.12. The summed E-state index contributed by atoms with van der Waals surface area (Å²) < 4.78 is 14.8. The number of carboxylic acids is 1. The van der Waals surface area contributed by atoms with Crippen LogP contribution < -0.4 is 14.2 Å². The lowest BCUT2D eigenvalue weighted by Gasteiger charge is -2.12. The van der Waals surface area contributed by atoms with E-state index in [1.165, 1.54) is 14.2 Å².